The van der Waals surface area contributed by atoms with Crippen LogP contribution in [-0.4, -0.2) is 12.3 Å². The molecule has 0 nitrogen and oxygen atoms in total. The third-order valence-corrected chi connectivity index (χ3v) is 12.7. The monoisotopic (exact) mass is 487 g/mol. The van der Waals surface area contributed by atoms with E-state index < -0.39 is 7.26 Å². The first kappa shape index (κ1) is 31.4. The van der Waals surface area contributed by atoms with Gasteiger partial charge in [0, 0.05) is 7.26 Å². The van der Waals surface area contributed by atoms with Crippen molar-refractivity contribution in [1.29, 1.82) is 0 Å². The Balaban J connectivity index is 2.89. The SMILES string of the molecule is C=C[P+](CCCCCCCC)(CCCCCCCC)C(CCCCCCCC)c1ccccc1. The summed E-state index contributed by atoms with van der Waals surface area (Å²) in [4.78, 5) is 0. The van der Waals surface area contributed by atoms with E-state index in [4.69, 9.17) is 0 Å². The lowest BCUT2D eigenvalue weighted by Crippen LogP contribution is -2.13. The van der Waals surface area contributed by atoms with Gasteiger partial charge in [0.15, 0.2) is 0 Å². The molecule has 1 atom stereocenters. The minimum atomic E-state index is -1.22. The number of hydrogen-bond acceptors (Lipinski definition) is 0. The van der Waals surface area contributed by atoms with Crippen molar-refractivity contribution in [2.75, 3.05) is 12.3 Å². The van der Waals surface area contributed by atoms with E-state index in [1.807, 2.05) is 0 Å². The van der Waals surface area contributed by atoms with E-state index >= 15 is 0 Å². The predicted molar refractivity (Wildman–Crippen MR) is 161 cm³/mol. The minimum Gasteiger partial charge on any atom is -0.0654 e. The third-order valence-electron chi connectivity index (χ3n) is 7.86. The second-order valence-electron chi connectivity index (χ2n) is 10.8. The standard InChI is InChI=1S/C33H60P/c1-5-9-12-15-18-24-29-33(32-27-22-21-23-28-32)34(8-4,30-25-19-16-13-10-6-2)31-26-20-17-14-11-7-3/h8,21-23,27-28,33H,4-7,9-20,24-26,29-31H2,1-3H3/q+1. The van der Waals surface area contributed by atoms with E-state index in [-0.39, 0.29) is 0 Å². The Morgan fingerprint density at radius 1 is 0.588 bits per heavy atom. The largest absolute Gasteiger partial charge is 0.0986 e. The average molecular weight is 488 g/mol. The molecule has 34 heavy (non-hydrogen) atoms. The third kappa shape index (κ3) is 13.5. The first-order valence-electron chi connectivity index (χ1n) is 15.3. The summed E-state index contributed by atoms with van der Waals surface area (Å²) in [5.74, 6) is 2.53. The van der Waals surface area contributed by atoms with Crippen molar-refractivity contribution in [2.24, 2.45) is 0 Å². The maximum absolute atomic E-state index is 4.55. The molecule has 1 heteroatoms. The van der Waals surface area contributed by atoms with Crippen LogP contribution in [0.2, 0.25) is 0 Å². The van der Waals surface area contributed by atoms with Crippen molar-refractivity contribution in [3.8, 4) is 0 Å². The Labute approximate surface area is 216 Å². The molecule has 1 unspecified atom stereocenters. The molecule has 0 aliphatic heterocycles. The molecular weight excluding hydrogens is 427 g/mol. The zero-order valence-corrected chi connectivity index (χ0v) is 24.4. The highest BCUT2D eigenvalue weighted by molar-refractivity contribution is 7.79. The van der Waals surface area contributed by atoms with Crippen molar-refractivity contribution < 1.29 is 0 Å². The topological polar surface area (TPSA) is 0 Å². The molecule has 0 bridgehead atoms. The highest BCUT2D eigenvalue weighted by Gasteiger charge is 2.42. The summed E-state index contributed by atoms with van der Waals surface area (Å²) in [6, 6.07) is 11.6. The van der Waals surface area contributed by atoms with Gasteiger partial charge in [-0.15, -0.1) is 0 Å². The summed E-state index contributed by atoms with van der Waals surface area (Å²) in [5.41, 5.74) is 2.35. The highest BCUT2D eigenvalue weighted by Crippen LogP contribution is 2.73. The molecule has 196 valence electrons. The van der Waals surface area contributed by atoms with E-state index in [0.717, 1.165) is 5.66 Å². The predicted octanol–water partition coefficient (Wildman–Crippen LogP) is 12.4. The van der Waals surface area contributed by atoms with Crippen LogP contribution >= 0.6 is 7.26 Å². The van der Waals surface area contributed by atoms with Crippen LogP contribution < -0.4 is 0 Å². The molecule has 0 heterocycles. The summed E-state index contributed by atoms with van der Waals surface area (Å²) in [6.45, 7) is 11.5. The molecule has 0 saturated heterocycles. The molecule has 0 radical (unpaired) electrons. The molecule has 0 fully saturated rings. The second kappa shape index (κ2) is 21.7. The van der Waals surface area contributed by atoms with E-state index in [2.05, 4.69) is 63.5 Å². The van der Waals surface area contributed by atoms with Crippen LogP contribution in [0.5, 0.6) is 0 Å². The molecule has 0 spiro atoms. The Kier molecular flexibility index (Phi) is 20.0. The first-order valence-corrected chi connectivity index (χ1v) is 17.6. The molecule has 0 N–H and O–H groups in total. The van der Waals surface area contributed by atoms with Crippen LogP contribution in [0.15, 0.2) is 42.7 Å². The van der Waals surface area contributed by atoms with Gasteiger partial charge in [-0.1, -0.05) is 141 Å². The number of benzene rings is 1. The Morgan fingerprint density at radius 2 is 1.00 bits per heavy atom. The van der Waals surface area contributed by atoms with Gasteiger partial charge in [-0.3, -0.25) is 0 Å². The lowest BCUT2D eigenvalue weighted by Gasteiger charge is -2.33. The molecule has 0 aromatic heterocycles. The molecule has 0 aliphatic rings. The molecular formula is C33H60P+. The van der Waals surface area contributed by atoms with Gasteiger partial charge in [-0.05, 0) is 44.1 Å². The summed E-state index contributed by atoms with van der Waals surface area (Å²) in [6.07, 6.45) is 29.5. The van der Waals surface area contributed by atoms with Gasteiger partial charge in [0.05, 0.1) is 23.8 Å². The molecule has 0 aliphatic carbocycles. The number of unbranched alkanes of at least 4 members (excludes halogenated alkanes) is 15. The zero-order chi connectivity index (χ0) is 24.7. The fourth-order valence-electron chi connectivity index (χ4n) is 5.62. The molecule has 0 saturated carbocycles. The molecule has 1 aromatic rings. The average Bonchev–Trinajstić information content (AvgIpc) is 2.87. The van der Waals surface area contributed by atoms with Crippen LogP contribution in [0.4, 0.5) is 0 Å². The van der Waals surface area contributed by atoms with Crippen molar-refractivity contribution in [2.45, 2.75) is 148 Å². The molecule has 1 rings (SSSR count). The van der Waals surface area contributed by atoms with Crippen molar-refractivity contribution in [3.63, 3.8) is 0 Å². The van der Waals surface area contributed by atoms with E-state index in [9.17, 15) is 0 Å². The van der Waals surface area contributed by atoms with E-state index in [0.29, 0.717) is 0 Å². The fraction of sp³-hybridized carbons (Fsp3) is 0.758. The summed E-state index contributed by atoms with van der Waals surface area (Å²) in [5, 5.41) is 0. The Bertz CT molecular complexity index is 547. The Morgan fingerprint density at radius 3 is 1.44 bits per heavy atom. The van der Waals surface area contributed by atoms with Crippen LogP contribution in [0.3, 0.4) is 0 Å². The van der Waals surface area contributed by atoms with Gasteiger partial charge in [0.1, 0.15) is 0 Å². The van der Waals surface area contributed by atoms with Gasteiger partial charge in [0.25, 0.3) is 0 Å². The highest BCUT2D eigenvalue weighted by atomic mass is 31.2. The summed E-state index contributed by atoms with van der Waals surface area (Å²) in [7, 11) is -1.22. The van der Waals surface area contributed by atoms with Gasteiger partial charge in [0.2, 0.25) is 0 Å². The van der Waals surface area contributed by atoms with Gasteiger partial charge >= 0.3 is 0 Å². The summed E-state index contributed by atoms with van der Waals surface area (Å²) >= 11 is 0. The summed E-state index contributed by atoms with van der Waals surface area (Å²) < 4.78 is 0. The number of rotatable bonds is 24. The lowest BCUT2D eigenvalue weighted by molar-refractivity contribution is 0.581. The van der Waals surface area contributed by atoms with Gasteiger partial charge < -0.3 is 0 Å². The maximum atomic E-state index is 4.55. The van der Waals surface area contributed by atoms with Crippen molar-refractivity contribution in [1.82, 2.24) is 0 Å². The van der Waals surface area contributed by atoms with Crippen LogP contribution in [0, 0.1) is 0 Å². The van der Waals surface area contributed by atoms with Crippen molar-refractivity contribution >= 4 is 7.26 Å². The van der Waals surface area contributed by atoms with Gasteiger partial charge in [-0.2, -0.15) is 0 Å². The second-order valence-corrected chi connectivity index (χ2v) is 14.8. The lowest BCUT2D eigenvalue weighted by atomic mass is 10.0. The van der Waals surface area contributed by atoms with Crippen LogP contribution in [0.1, 0.15) is 154 Å². The first-order chi connectivity index (χ1) is 16.7. The minimum absolute atomic E-state index is 0.739. The van der Waals surface area contributed by atoms with E-state index in [1.165, 1.54) is 134 Å². The zero-order valence-electron chi connectivity index (χ0n) is 23.5. The van der Waals surface area contributed by atoms with Crippen LogP contribution in [-0.2, 0) is 0 Å². The molecule has 1 aromatic carbocycles. The smallest absolute Gasteiger partial charge is 0.0654 e. The normalized spacial score (nSPS) is 12.7. The quantitative estimate of drug-likeness (QED) is 0.100. The van der Waals surface area contributed by atoms with Crippen molar-refractivity contribution in [3.05, 3.63) is 48.3 Å². The Hall–Kier alpha value is -0.610. The maximum Gasteiger partial charge on any atom is 0.0986 e. The number of hydrogen-bond donors (Lipinski definition) is 0. The fourth-order valence-corrected chi connectivity index (χ4v) is 10.2. The van der Waals surface area contributed by atoms with Gasteiger partial charge in [-0.25, -0.2) is 0 Å². The molecule has 0 amide bonds. The van der Waals surface area contributed by atoms with Crippen LogP contribution in [0.25, 0.3) is 0 Å². The van der Waals surface area contributed by atoms with E-state index in [1.54, 1.807) is 5.56 Å².